The zero-order valence-electron chi connectivity index (χ0n) is 8.43. The Labute approximate surface area is 88.1 Å². The topological polar surface area (TPSA) is 89.4 Å². The second-order valence-corrected chi connectivity index (χ2v) is 5.66. The molecule has 1 aromatic heterocycles. The average Bonchev–Trinajstić information content (AvgIpc) is 2.56. The number of sulfonamides is 1. The van der Waals surface area contributed by atoms with Gasteiger partial charge in [0.1, 0.15) is 5.76 Å². The van der Waals surface area contributed by atoms with Gasteiger partial charge in [0.25, 0.3) is 6.01 Å². The van der Waals surface area contributed by atoms with E-state index in [9.17, 15) is 8.42 Å². The van der Waals surface area contributed by atoms with Crippen molar-refractivity contribution in [2.75, 3.05) is 18.0 Å². The molecule has 6 nitrogen and oxygen atoms in total. The molecule has 0 bridgehead atoms. The number of fused-ring (bicyclic) bond motifs is 1. The third-order valence-electron chi connectivity index (χ3n) is 2.47. The van der Waals surface area contributed by atoms with Crippen molar-refractivity contribution >= 4 is 16.0 Å². The van der Waals surface area contributed by atoms with E-state index in [0.29, 0.717) is 24.4 Å². The average molecular weight is 231 g/mol. The number of nitrogens with two attached hydrogens (primary N) is 1. The largest absolute Gasteiger partial charge is 0.429 e. The Morgan fingerprint density at radius 1 is 1.60 bits per heavy atom. The first-order chi connectivity index (χ1) is 7.03. The fraction of sp³-hybridized carbons (Fsp3) is 0.625. The zero-order chi connectivity index (χ0) is 11.1. The van der Waals surface area contributed by atoms with Crippen LogP contribution in [0.2, 0.25) is 0 Å². The molecule has 0 saturated heterocycles. The van der Waals surface area contributed by atoms with Gasteiger partial charge in [-0.2, -0.15) is 9.29 Å². The van der Waals surface area contributed by atoms with Gasteiger partial charge in [0.05, 0.1) is 18.0 Å². The van der Waals surface area contributed by atoms with Crippen LogP contribution in [-0.2, 0) is 23.0 Å². The van der Waals surface area contributed by atoms with Crippen LogP contribution in [0.5, 0.6) is 0 Å². The van der Waals surface area contributed by atoms with Gasteiger partial charge in [0.2, 0.25) is 10.0 Å². The predicted molar refractivity (Wildman–Crippen MR) is 54.5 cm³/mol. The number of hydrogen-bond acceptors (Lipinski definition) is 5. The Morgan fingerprint density at radius 3 is 3.00 bits per heavy atom. The molecule has 84 valence electrons. The van der Waals surface area contributed by atoms with E-state index in [1.54, 1.807) is 6.92 Å². The Balaban J connectivity index is 2.26. The Hall–Kier alpha value is -1.08. The summed E-state index contributed by atoms with van der Waals surface area (Å²) < 4.78 is 29.8. The molecule has 1 aliphatic heterocycles. The summed E-state index contributed by atoms with van der Waals surface area (Å²) in [4.78, 5) is 3.95. The highest BCUT2D eigenvalue weighted by atomic mass is 32.2. The Morgan fingerprint density at radius 2 is 2.33 bits per heavy atom. The van der Waals surface area contributed by atoms with Crippen LogP contribution >= 0.6 is 0 Å². The second kappa shape index (κ2) is 3.49. The highest BCUT2D eigenvalue weighted by Gasteiger charge is 2.28. The van der Waals surface area contributed by atoms with Crippen molar-refractivity contribution in [3.63, 3.8) is 0 Å². The maximum atomic E-state index is 11.6. The molecular formula is C8H13N3O3S. The summed E-state index contributed by atoms with van der Waals surface area (Å²) in [6.07, 6.45) is 0.540. The predicted octanol–water partition coefficient (Wildman–Crippen LogP) is -0.0354. The molecule has 1 aromatic rings. The molecule has 0 radical (unpaired) electrons. The number of anilines is 1. The Kier molecular flexibility index (Phi) is 2.43. The van der Waals surface area contributed by atoms with Crippen molar-refractivity contribution in [3.05, 3.63) is 11.5 Å². The first kappa shape index (κ1) is 10.4. The maximum absolute atomic E-state index is 11.6. The van der Waals surface area contributed by atoms with E-state index in [2.05, 4.69) is 4.98 Å². The van der Waals surface area contributed by atoms with Gasteiger partial charge < -0.3 is 10.2 Å². The first-order valence-electron chi connectivity index (χ1n) is 4.75. The zero-order valence-corrected chi connectivity index (χ0v) is 9.25. The summed E-state index contributed by atoms with van der Waals surface area (Å²) in [5.41, 5.74) is 6.03. The highest BCUT2D eigenvalue weighted by molar-refractivity contribution is 7.89. The lowest BCUT2D eigenvalue weighted by atomic mass is 10.2. The van der Waals surface area contributed by atoms with E-state index >= 15 is 0 Å². The van der Waals surface area contributed by atoms with Crippen LogP contribution in [0.15, 0.2) is 4.42 Å². The molecule has 15 heavy (non-hydrogen) atoms. The number of aromatic nitrogens is 1. The van der Waals surface area contributed by atoms with Crippen molar-refractivity contribution in [1.82, 2.24) is 9.29 Å². The fourth-order valence-corrected chi connectivity index (χ4v) is 2.67. The van der Waals surface area contributed by atoms with Gasteiger partial charge in [-0.15, -0.1) is 0 Å². The summed E-state index contributed by atoms with van der Waals surface area (Å²) >= 11 is 0. The minimum absolute atomic E-state index is 0.107. The van der Waals surface area contributed by atoms with Crippen LogP contribution in [-0.4, -0.2) is 30.0 Å². The molecule has 2 rings (SSSR count). The molecular weight excluding hydrogens is 218 g/mol. The number of oxazole rings is 1. The van der Waals surface area contributed by atoms with Gasteiger partial charge in [-0.05, 0) is 6.92 Å². The number of nitrogen functional groups attached to an aromatic ring is 1. The summed E-state index contributed by atoms with van der Waals surface area (Å²) in [7, 11) is -3.14. The molecule has 0 atom stereocenters. The molecule has 0 spiro atoms. The van der Waals surface area contributed by atoms with Crippen molar-refractivity contribution in [1.29, 1.82) is 0 Å². The second-order valence-electron chi connectivity index (χ2n) is 3.41. The van der Waals surface area contributed by atoms with E-state index in [1.807, 2.05) is 0 Å². The number of rotatable bonds is 2. The number of nitrogens with zero attached hydrogens (tertiary/aromatic N) is 2. The standard InChI is InChI=1S/C8H13N3O3S/c1-2-15(12,13)11-4-3-7-6(5-11)10-8(9)14-7/h2-5H2,1H3,(H2,9,10). The van der Waals surface area contributed by atoms with Crippen molar-refractivity contribution < 1.29 is 12.8 Å². The molecule has 0 aromatic carbocycles. The lowest BCUT2D eigenvalue weighted by Gasteiger charge is -2.23. The fourth-order valence-electron chi connectivity index (χ4n) is 1.61. The van der Waals surface area contributed by atoms with Gasteiger partial charge in [-0.1, -0.05) is 0 Å². The molecule has 2 heterocycles. The van der Waals surface area contributed by atoms with Gasteiger partial charge in [-0.25, -0.2) is 8.42 Å². The van der Waals surface area contributed by atoms with E-state index in [-0.39, 0.29) is 18.3 Å². The van der Waals surface area contributed by atoms with Crippen LogP contribution in [0.4, 0.5) is 6.01 Å². The van der Waals surface area contributed by atoms with Gasteiger partial charge in [0, 0.05) is 13.0 Å². The summed E-state index contributed by atoms with van der Waals surface area (Å²) in [6, 6.07) is 0.107. The minimum atomic E-state index is -3.14. The molecule has 0 unspecified atom stereocenters. The number of hydrogen-bond donors (Lipinski definition) is 1. The molecule has 0 aliphatic carbocycles. The first-order valence-corrected chi connectivity index (χ1v) is 6.35. The monoisotopic (exact) mass is 231 g/mol. The summed E-state index contributed by atoms with van der Waals surface area (Å²) in [5.74, 6) is 0.811. The van der Waals surface area contributed by atoms with Crippen molar-refractivity contribution in [2.45, 2.75) is 19.9 Å². The normalized spacial score (nSPS) is 17.7. The van der Waals surface area contributed by atoms with E-state index < -0.39 is 10.0 Å². The van der Waals surface area contributed by atoms with Gasteiger partial charge in [-0.3, -0.25) is 0 Å². The molecule has 0 saturated carbocycles. The van der Waals surface area contributed by atoms with Gasteiger partial charge in [0.15, 0.2) is 0 Å². The summed E-state index contributed by atoms with van der Waals surface area (Å²) in [5, 5.41) is 0. The molecule has 0 amide bonds. The van der Waals surface area contributed by atoms with Crippen LogP contribution in [0.25, 0.3) is 0 Å². The van der Waals surface area contributed by atoms with Crippen LogP contribution < -0.4 is 5.73 Å². The quantitative estimate of drug-likeness (QED) is 0.771. The van der Waals surface area contributed by atoms with Crippen molar-refractivity contribution in [2.24, 2.45) is 0 Å². The van der Waals surface area contributed by atoms with E-state index in [4.69, 9.17) is 10.2 Å². The van der Waals surface area contributed by atoms with Gasteiger partial charge >= 0.3 is 0 Å². The smallest absolute Gasteiger partial charge is 0.292 e. The minimum Gasteiger partial charge on any atom is -0.429 e. The third-order valence-corrected chi connectivity index (χ3v) is 4.30. The summed E-state index contributed by atoms with van der Waals surface area (Å²) in [6.45, 7) is 2.34. The maximum Gasteiger partial charge on any atom is 0.292 e. The third kappa shape index (κ3) is 1.84. The lowest BCUT2D eigenvalue weighted by molar-refractivity contribution is 0.363. The molecule has 0 fully saturated rings. The molecule has 1 aliphatic rings. The van der Waals surface area contributed by atoms with Crippen molar-refractivity contribution in [3.8, 4) is 0 Å². The van der Waals surface area contributed by atoms with Crippen LogP contribution in [0.1, 0.15) is 18.4 Å². The van der Waals surface area contributed by atoms with Crippen LogP contribution in [0.3, 0.4) is 0 Å². The lowest BCUT2D eigenvalue weighted by Crippen LogP contribution is -2.36. The SMILES string of the molecule is CCS(=O)(=O)N1CCc2oc(N)nc2C1. The molecule has 2 N–H and O–H groups in total. The van der Waals surface area contributed by atoms with E-state index in [1.165, 1.54) is 4.31 Å². The highest BCUT2D eigenvalue weighted by Crippen LogP contribution is 2.22. The van der Waals surface area contributed by atoms with E-state index in [0.717, 1.165) is 0 Å². The Bertz CT molecular complexity index is 465. The molecule has 7 heteroatoms. The van der Waals surface area contributed by atoms with Crippen LogP contribution in [0, 0.1) is 0 Å².